The monoisotopic (exact) mass is 1330 g/mol. The molecule has 0 spiro atoms. The van der Waals surface area contributed by atoms with Gasteiger partial charge in [-0.1, -0.05) is 96.2 Å². The standard InChI is InChI=1S/C75H99N3O18/c1-39(2)13-11-14-40(3)51-24-25-52-48-23-20-45-35-47(28-30-73(45,6)53(48)29-31-74(51,52)7)95-72(91)78-54(33-43-18-21-46(80)22-19-43)56(81)34-44(71(89)90)15-9-10-32-76-59(82)26-27-60(83)77-55-36-61(94-41(4)66(55)84)96-58-38-75(92,42(5)79)37-50-63(58)70(88)65-64(68(50)86)67(85)49-16-12-17-57(93-8)62(49)69(65)87/h12,16-22,39-41,44,47-48,51-55,58,61,66,80,84,86,88,92H,9-11,13-15,23-38H2,1-8H3,(H,76,82)(H,77,83)(H,78,91)(H,89,90)/t40-,41+,44+,47?,48+,51?,52+,53+,54?,55+,58+,61+,66-,73+,74-,75+/m1/s1. The predicted octanol–water partition coefficient (Wildman–Crippen LogP) is 10.4. The fourth-order valence-corrected chi connectivity index (χ4v) is 18.0. The number of carboxylic acid groups (broad SMARTS) is 1. The number of amides is 3. The number of alkyl carbamates (subject to hydrolysis) is 1. The van der Waals surface area contributed by atoms with E-state index in [-0.39, 0.29) is 90.3 Å². The van der Waals surface area contributed by atoms with Crippen LogP contribution in [0.2, 0.25) is 0 Å². The number of aliphatic hydroxyl groups excluding tert-OH is 1. The number of nitrogens with one attached hydrogen (secondary N) is 3. The highest BCUT2D eigenvalue weighted by molar-refractivity contribution is 6.31. The molecule has 1 aliphatic heterocycles. The van der Waals surface area contributed by atoms with Crippen molar-refractivity contribution in [3.05, 3.63) is 93.1 Å². The number of phenols is 3. The lowest BCUT2D eigenvalue weighted by Gasteiger charge is -2.58. The van der Waals surface area contributed by atoms with Gasteiger partial charge in [0.1, 0.15) is 40.8 Å². The van der Waals surface area contributed by atoms with Gasteiger partial charge in [0.15, 0.2) is 23.6 Å². The molecule has 6 aliphatic carbocycles. The van der Waals surface area contributed by atoms with Gasteiger partial charge in [-0.25, -0.2) is 4.79 Å². The molecule has 0 bridgehead atoms. The number of unbranched alkanes of at least 4 members (excludes halogenated alkanes) is 1. The highest BCUT2D eigenvalue weighted by atomic mass is 16.7. The molecule has 522 valence electrons. The maximum atomic E-state index is 14.2. The minimum Gasteiger partial charge on any atom is -0.508 e. The minimum absolute atomic E-state index is 0.0251. The zero-order chi connectivity index (χ0) is 69.3. The van der Waals surface area contributed by atoms with Gasteiger partial charge in [-0.2, -0.15) is 0 Å². The van der Waals surface area contributed by atoms with Crippen molar-refractivity contribution in [2.45, 2.75) is 232 Å². The van der Waals surface area contributed by atoms with Crippen molar-refractivity contribution in [2.24, 2.45) is 52.3 Å². The Balaban J connectivity index is 0.689. The SMILES string of the molecule is COc1cccc2c1C(=O)c1c(O)c3c(c(O)c1C2=O)C[C@@](O)(C(C)=O)C[C@@H]3O[C@H]1C[C@H](NC(=O)CCC(=O)NCCCC[C@@H](CC(=O)C(Cc2ccc(O)cc2)NC(=O)OC2CC[C@@]3(C)C(=CC[C@@H]4[C@@H]3CC[C@]3(C)C([C@H](C)CCCC(C)C)CC[C@@H]43)C2)C(=O)O)[C@H](O)[C@H](C)O1. The number of Topliss-reactive ketones (excluding diaryl/α,β-unsaturated/α-hetero) is 2. The Kier molecular flexibility index (Phi) is 22.0. The first kappa shape index (κ1) is 71.6. The summed E-state index contributed by atoms with van der Waals surface area (Å²) in [7, 11) is 1.31. The lowest BCUT2D eigenvalue weighted by molar-refractivity contribution is -0.249. The van der Waals surface area contributed by atoms with Gasteiger partial charge in [0.25, 0.3) is 0 Å². The van der Waals surface area contributed by atoms with E-state index in [1.807, 2.05) is 0 Å². The van der Waals surface area contributed by atoms with Crippen LogP contribution in [-0.2, 0) is 51.0 Å². The van der Waals surface area contributed by atoms with Gasteiger partial charge in [0.2, 0.25) is 17.6 Å². The Bertz CT molecular complexity index is 3490. The molecule has 3 saturated carbocycles. The molecule has 0 aromatic heterocycles. The zero-order valence-corrected chi connectivity index (χ0v) is 56.8. The fraction of sp³-hybridized carbons (Fsp3) is 0.627. The van der Waals surface area contributed by atoms with Crippen molar-refractivity contribution in [3.8, 4) is 23.0 Å². The first-order valence-corrected chi connectivity index (χ1v) is 34.9. The summed E-state index contributed by atoms with van der Waals surface area (Å²) in [5, 5.41) is 75.1. The van der Waals surface area contributed by atoms with Crippen LogP contribution in [0.5, 0.6) is 23.0 Å². The maximum absolute atomic E-state index is 14.2. The van der Waals surface area contributed by atoms with Crippen LogP contribution in [-0.4, -0.2) is 134 Å². The third kappa shape index (κ3) is 14.8. The molecule has 9 N–H and O–H groups in total. The number of carbonyl (C=O) groups is 8. The summed E-state index contributed by atoms with van der Waals surface area (Å²) >= 11 is 0. The van der Waals surface area contributed by atoms with Crippen LogP contribution in [0.15, 0.2) is 54.1 Å². The van der Waals surface area contributed by atoms with Crippen molar-refractivity contribution in [1.82, 2.24) is 16.0 Å². The van der Waals surface area contributed by atoms with Crippen LogP contribution in [0.3, 0.4) is 0 Å². The Morgan fingerprint density at radius 3 is 2.26 bits per heavy atom. The molecule has 3 amide bonds. The van der Waals surface area contributed by atoms with Gasteiger partial charge in [-0.05, 0) is 148 Å². The van der Waals surface area contributed by atoms with Crippen molar-refractivity contribution < 1.29 is 87.9 Å². The zero-order valence-electron chi connectivity index (χ0n) is 56.8. The number of aliphatic carboxylic acids is 1. The number of hydrogen-bond acceptors (Lipinski definition) is 17. The van der Waals surface area contributed by atoms with Crippen LogP contribution in [0.4, 0.5) is 4.79 Å². The number of allylic oxidation sites excluding steroid dienone is 1. The van der Waals surface area contributed by atoms with E-state index in [4.69, 9.17) is 18.9 Å². The number of carboxylic acids is 1. The second kappa shape index (κ2) is 29.5. The molecule has 1 heterocycles. The van der Waals surface area contributed by atoms with E-state index < -0.39 is 131 Å². The molecule has 10 rings (SSSR count). The highest BCUT2D eigenvalue weighted by Crippen LogP contribution is 2.67. The normalized spacial score (nSPS) is 29.8. The highest BCUT2D eigenvalue weighted by Gasteiger charge is 2.60. The Hall–Kier alpha value is -7.20. The molecule has 21 nitrogen and oxygen atoms in total. The van der Waals surface area contributed by atoms with Gasteiger partial charge in [0.05, 0.1) is 54.0 Å². The van der Waals surface area contributed by atoms with Gasteiger partial charge < -0.3 is 65.5 Å². The molecule has 0 radical (unpaired) electrons. The summed E-state index contributed by atoms with van der Waals surface area (Å²) in [4.78, 5) is 108. The number of phenolic OH excluding ortho intramolecular Hbond substituents is 3. The summed E-state index contributed by atoms with van der Waals surface area (Å²) in [6.07, 6.45) is 7.28. The van der Waals surface area contributed by atoms with Crippen LogP contribution in [0.25, 0.3) is 0 Å². The smallest absolute Gasteiger partial charge is 0.408 e. The van der Waals surface area contributed by atoms with E-state index in [9.17, 15) is 69.0 Å². The van der Waals surface area contributed by atoms with Crippen LogP contribution in [0, 0.1) is 52.3 Å². The van der Waals surface area contributed by atoms with E-state index in [2.05, 4.69) is 56.6 Å². The van der Waals surface area contributed by atoms with Crippen molar-refractivity contribution in [1.29, 1.82) is 0 Å². The first-order valence-electron chi connectivity index (χ1n) is 34.9. The molecule has 16 atom stereocenters. The number of methoxy groups -OCH3 is 1. The van der Waals surface area contributed by atoms with E-state index >= 15 is 0 Å². The molecule has 3 aromatic rings. The van der Waals surface area contributed by atoms with Gasteiger partial charge >= 0.3 is 12.1 Å². The summed E-state index contributed by atoms with van der Waals surface area (Å²) < 4.78 is 23.8. The lowest BCUT2D eigenvalue weighted by atomic mass is 9.47. The number of benzene rings is 3. The maximum Gasteiger partial charge on any atom is 0.408 e. The quantitative estimate of drug-likeness (QED) is 0.0160. The molecule has 21 heteroatoms. The molecule has 1 saturated heterocycles. The van der Waals surface area contributed by atoms with Crippen molar-refractivity contribution in [2.75, 3.05) is 13.7 Å². The Morgan fingerprint density at radius 1 is 0.823 bits per heavy atom. The van der Waals surface area contributed by atoms with Gasteiger partial charge in [0, 0.05) is 68.2 Å². The fourth-order valence-electron chi connectivity index (χ4n) is 18.0. The number of ether oxygens (including phenoxy) is 4. The molecule has 96 heavy (non-hydrogen) atoms. The average Bonchev–Trinajstić information content (AvgIpc) is 0.907. The van der Waals surface area contributed by atoms with Gasteiger partial charge in [-0.3, -0.25) is 33.6 Å². The van der Waals surface area contributed by atoms with Crippen LogP contribution < -0.4 is 20.7 Å². The summed E-state index contributed by atoms with van der Waals surface area (Å²) in [5.74, 6) is -3.37. The number of aromatic hydroxyl groups is 3. The van der Waals surface area contributed by atoms with Gasteiger partial charge in [-0.15, -0.1) is 0 Å². The predicted molar refractivity (Wildman–Crippen MR) is 353 cm³/mol. The van der Waals surface area contributed by atoms with E-state index in [0.717, 1.165) is 43.4 Å². The summed E-state index contributed by atoms with van der Waals surface area (Å²) in [5.41, 5.74) is -1.38. The second-order valence-electron chi connectivity index (χ2n) is 29.8. The molecular formula is C75H99N3O18. The number of hydrogen-bond donors (Lipinski definition) is 9. The van der Waals surface area contributed by atoms with Crippen molar-refractivity contribution >= 4 is 47.0 Å². The topological polar surface area (TPSA) is 331 Å². The third-order valence-corrected chi connectivity index (χ3v) is 23.4. The molecule has 3 unspecified atom stereocenters. The number of aliphatic hydroxyl groups is 2. The van der Waals surface area contributed by atoms with E-state index in [1.54, 1.807) is 12.1 Å². The number of ketones is 4. The molecule has 3 aromatic carbocycles. The molecule has 7 aliphatic rings. The first-order chi connectivity index (χ1) is 45.5. The van der Waals surface area contributed by atoms with E-state index in [1.165, 1.54) is 94.9 Å². The van der Waals surface area contributed by atoms with Crippen molar-refractivity contribution in [3.63, 3.8) is 0 Å². The van der Waals surface area contributed by atoms with E-state index in [0.29, 0.717) is 48.5 Å². The third-order valence-electron chi connectivity index (χ3n) is 23.4. The Morgan fingerprint density at radius 2 is 1.55 bits per heavy atom. The molecule has 4 fully saturated rings. The summed E-state index contributed by atoms with van der Waals surface area (Å²) in [6, 6.07) is 8.43. The second-order valence-corrected chi connectivity index (χ2v) is 29.8. The largest absolute Gasteiger partial charge is 0.508 e. The Labute approximate surface area is 562 Å². The van der Waals surface area contributed by atoms with Crippen LogP contribution >= 0.6 is 0 Å². The number of fused-ring (bicyclic) bond motifs is 8. The number of rotatable bonds is 26. The minimum atomic E-state index is -2.17. The lowest BCUT2D eigenvalue weighted by Crippen LogP contribution is -2.55. The molecular weight excluding hydrogens is 1230 g/mol. The summed E-state index contributed by atoms with van der Waals surface area (Å²) in [6.45, 7) is 15.0. The number of carbonyl (C=O) groups excluding carboxylic acids is 7. The average molecular weight is 1330 g/mol. The van der Waals surface area contributed by atoms with Crippen LogP contribution in [0.1, 0.15) is 225 Å².